The summed E-state index contributed by atoms with van der Waals surface area (Å²) in [5.74, 6) is 0.550. The number of hydrogen-bond acceptors (Lipinski definition) is 5. The molecule has 38 heavy (non-hydrogen) atoms. The van der Waals surface area contributed by atoms with Gasteiger partial charge in [-0.15, -0.1) is 0 Å². The van der Waals surface area contributed by atoms with Gasteiger partial charge >= 0.3 is 0 Å². The van der Waals surface area contributed by atoms with Gasteiger partial charge in [0.05, 0.1) is 25.7 Å². The normalized spacial score (nSPS) is 14.3. The highest BCUT2D eigenvalue weighted by Crippen LogP contribution is 2.33. The van der Waals surface area contributed by atoms with E-state index in [1.807, 2.05) is 60.7 Å². The molecule has 1 fully saturated rings. The highest BCUT2D eigenvalue weighted by molar-refractivity contribution is 7.89. The fourth-order valence-corrected chi connectivity index (χ4v) is 6.62. The first-order valence-corrected chi connectivity index (χ1v) is 14.5. The largest absolute Gasteiger partial charge is 0.493 e. The monoisotopic (exact) mass is 536 g/mol. The van der Waals surface area contributed by atoms with Crippen LogP contribution in [0.4, 0.5) is 0 Å². The Morgan fingerprint density at radius 2 is 1.34 bits per heavy atom. The Morgan fingerprint density at radius 3 is 1.87 bits per heavy atom. The number of amides is 1. The molecule has 0 aromatic heterocycles. The summed E-state index contributed by atoms with van der Waals surface area (Å²) in [4.78, 5) is 15.7. The second kappa shape index (κ2) is 12.9. The summed E-state index contributed by atoms with van der Waals surface area (Å²) in [6.45, 7) is 0.563. The van der Waals surface area contributed by atoms with Crippen molar-refractivity contribution in [2.45, 2.75) is 56.1 Å². The number of rotatable bonds is 11. The molecule has 0 saturated heterocycles. The molecule has 0 radical (unpaired) electrons. The maximum absolute atomic E-state index is 14.0. The summed E-state index contributed by atoms with van der Waals surface area (Å²) in [7, 11) is -1.00. The first kappa shape index (κ1) is 27.7. The van der Waals surface area contributed by atoms with E-state index in [0.29, 0.717) is 24.6 Å². The van der Waals surface area contributed by atoms with Crippen molar-refractivity contribution in [3.05, 3.63) is 90.0 Å². The van der Waals surface area contributed by atoms with Gasteiger partial charge in [-0.3, -0.25) is 4.79 Å². The molecule has 0 unspecified atom stereocenters. The summed E-state index contributed by atoms with van der Waals surface area (Å²) in [6, 6.07) is 23.9. The zero-order valence-corrected chi connectivity index (χ0v) is 22.9. The van der Waals surface area contributed by atoms with E-state index in [-0.39, 0.29) is 23.4 Å². The molecule has 1 aliphatic carbocycles. The maximum atomic E-state index is 14.0. The van der Waals surface area contributed by atoms with Crippen LogP contribution >= 0.6 is 0 Å². The van der Waals surface area contributed by atoms with Gasteiger partial charge in [-0.2, -0.15) is 4.31 Å². The highest BCUT2D eigenvalue weighted by atomic mass is 32.2. The van der Waals surface area contributed by atoms with E-state index in [0.717, 1.165) is 43.2 Å². The second-order valence-electron chi connectivity index (χ2n) is 9.58. The van der Waals surface area contributed by atoms with Crippen LogP contribution in [0.25, 0.3) is 0 Å². The van der Waals surface area contributed by atoms with Crippen molar-refractivity contribution in [2.75, 3.05) is 20.8 Å². The van der Waals surface area contributed by atoms with Crippen LogP contribution in [-0.2, 0) is 27.9 Å². The molecule has 1 saturated carbocycles. The summed E-state index contributed by atoms with van der Waals surface area (Å²) >= 11 is 0. The zero-order chi connectivity index (χ0) is 27.0. The number of carbonyl (C=O) groups excluding carboxylic acids is 1. The van der Waals surface area contributed by atoms with Gasteiger partial charge in [0, 0.05) is 25.2 Å². The third-order valence-corrected chi connectivity index (χ3v) is 8.91. The van der Waals surface area contributed by atoms with Gasteiger partial charge in [0.25, 0.3) is 0 Å². The number of methoxy groups -OCH3 is 2. The maximum Gasteiger partial charge on any atom is 0.243 e. The molecule has 0 atom stereocenters. The lowest BCUT2D eigenvalue weighted by Crippen LogP contribution is -2.47. The minimum absolute atomic E-state index is 0.0891. The van der Waals surface area contributed by atoms with Gasteiger partial charge in [-0.25, -0.2) is 8.42 Å². The zero-order valence-electron chi connectivity index (χ0n) is 22.1. The quantitative estimate of drug-likeness (QED) is 0.334. The van der Waals surface area contributed by atoms with Gasteiger partial charge in [-0.1, -0.05) is 79.9 Å². The highest BCUT2D eigenvalue weighted by Gasteiger charge is 2.35. The number of ether oxygens (including phenoxy) is 2. The molecule has 1 aliphatic rings. The fourth-order valence-electron chi connectivity index (χ4n) is 4.96. The van der Waals surface area contributed by atoms with E-state index in [1.165, 1.54) is 30.7 Å². The minimum atomic E-state index is -3.98. The number of nitrogens with zero attached hydrogens (tertiary/aromatic N) is 2. The van der Waals surface area contributed by atoms with Gasteiger partial charge in [0.15, 0.2) is 11.5 Å². The van der Waals surface area contributed by atoms with Crippen molar-refractivity contribution < 1.29 is 22.7 Å². The summed E-state index contributed by atoms with van der Waals surface area (Å²) in [6.07, 6.45) is 4.42. The molecule has 0 aliphatic heterocycles. The van der Waals surface area contributed by atoms with Crippen LogP contribution in [-0.4, -0.2) is 50.3 Å². The number of carbonyl (C=O) groups is 1. The molecule has 3 aromatic carbocycles. The topological polar surface area (TPSA) is 76.2 Å². The van der Waals surface area contributed by atoms with Crippen molar-refractivity contribution in [3.63, 3.8) is 0 Å². The molecular formula is C30H36N2O5S. The lowest BCUT2D eigenvalue weighted by Gasteiger charge is -2.34. The van der Waals surface area contributed by atoms with Gasteiger partial charge in [0.2, 0.25) is 15.9 Å². The Morgan fingerprint density at radius 1 is 0.789 bits per heavy atom. The molecule has 0 heterocycles. The van der Waals surface area contributed by atoms with Crippen LogP contribution in [0.3, 0.4) is 0 Å². The van der Waals surface area contributed by atoms with Crippen LogP contribution in [0, 0.1) is 0 Å². The summed E-state index contributed by atoms with van der Waals surface area (Å²) in [5, 5.41) is 0. The van der Waals surface area contributed by atoms with Gasteiger partial charge in [0.1, 0.15) is 0 Å². The van der Waals surface area contributed by atoms with Crippen molar-refractivity contribution in [1.82, 2.24) is 9.21 Å². The Hall–Kier alpha value is -3.36. The molecule has 0 N–H and O–H groups in total. The van der Waals surface area contributed by atoms with Crippen molar-refractivity contribution >= 4 is 15.9 Å². The van der Waals surface area contributed by atoms with Crippen molar-refractivity contribution in [2.24, 2.45) is 0 Å². The van der Waals surface area contributed by atoms with Crippen molar-refractivity contribution in [1.29, 1.82) is 0 Å². The van der Waals surface area contributed by atoms with Crippen LogP contribution in [0.2, 0.25) is 0 Å². The number of benzene rings is 3. The first-order chi connectivity index (χ1) is 18.4. The summed E-state index contributed by atoms with van der Waals surface area (Å²) in [5.41, 5.74) is 1.98. The number of sulfonamides is 1. The fraction of sp³-hybridized carbons (Fsp3) is 0.367. The predicted molar refractivity (Wildman–Crippen MR) is 147 cm³/mol. The third kappa shape index (κ3) is 6.74. The van der Waals surface area contributed by atoms with E-state index in [9.17, 15) is 13.2 Å². The van der Waals surface area contributed by atoms with Gasteiger partial charge < -0.3 is 14.4 Å². The van der Waals surface area contributed by atoms with Crippen molar-refractivity contribution in [3.8, 4) is 11.5 Å². The first-order valence-electron chi connectivity index (χ1n) is 13.0. The summed E-state index contributed by atoms with van der Waals surface area (Å²) < 4.78 is 40.1. The lowest BCUT2D eigenvalue weighted by molar-refractivity contribution is -0.133. The minimum Gasteiger partial charge on any atom is -0.493 e. The van der Waals surface area contributed by atoms with E-state index in [4.69, 9.17) is 9.47 Å². The molecule has 3 aromatic rings. The second-order valence-corrected chi connectivity index (χ2v) is 11.5. The Balaban J connectivity index is 1.66. The molecule has 0 spiro atoms. The molecule has 202 valence electrons. The Bertz CT molecular complexity index is 1250. The average Bonchev–Trinajstić information content (AvgIpc) is 2.96. The molecule has 4 rings (SSSR count). The smallest absolute Gasteiger partial charge is 0.243 e. The SMILES string of the molecule is COc1ccc(S(=O)(=O)N(CC(=O)N(Cc2ccccc2)Cc2ccccc2)C2CCCCC2)cc1OC. The average molecular weight is 537 g/mol. The molecule has 1 amide bonds. The van der Waals surface area contributed by atoms with Crippen LogP contribution < -0.4 is 9.47 Å². The Kier molecular flexibility index (Phi) is 9.42. The predicted octanol–water partition coefficient (Wildman–Crippen LogP) is 5.26. The molecule has 8 heteroatoms. The molecule has 0 bridgehead atoms. The van der Waals surface area contributed by atoms with Crippen LogP contribution in [0.5, 0.6) is 11.5 Å². The lowest BCUT2D eigenvalue weighted by atomic mass is 9.95. The van der Waals surface area contributed by atoms with E-state index >= 15 is 0 Å². The number of hydrogen-bond donors (Lipinski definition) is 0. The molecule has 7 nitrogen and oxygen atoms in total. The van der Waals surface area contributed by atoms with E-state index in [1.54, 1.807) is 11.0 Å². The molecular weight excluding hydrogens is 500 g/mol. The third-order valence-electron chi connectivity index (χ3n) is 7.02. The van der Waals surface area contributed by atoms with Crippen LogP contribution in [0.1, 0.15) is 43.2 Å². The van der Waals surface area contributed by atoms with E-state index in [2.05, 4.69) is 0 Å². The van der Waals surface area contributed by atoms with E-state index < -0.39 is 10.0 Å². The van der Waals surface area contributed by atoms with Crippen LogP contribution in [0.15, 0.2) is 83.8 Å². The van der Waals surface area contributed by atoms with Gasteiger partial charge in [-0.05, 0) is 36.1 Å². The Labute approximate surface area is 226 Å². The standard InChI is InChI=1S/C30H36N2O5S/c1-36-28-19-18-27(20-29(28)37-2)38(34,35)32(26-16-10-5-11-17-26)23-30(33)31(21-24-12-6-3-7-13-24)22-25-14-8-4-9-15-25/h3-4,6-9,12-15,18-20,26H,5,10-11,16-17,21-23H2,1-2H3.